The van der Waals surface area contributed by atoms with Gasteiger partial charge in [0.15, 0.2) is 11.6 Å². The highest BCUT2D eigenvalue weighted by Gasteiger charge is 2.43. The summed E-state index contributed by atoms with van der Waals surface area (Å²) < 4.78 is 35.8. The van der Waals surface area contributed by atoms with Crippen molar-refractivity contribution in [2.75, 3.05) is 36.5 Å². The van der Waals surface area contributed by atoms with E-state index in [-0.39, 0.29) is 17.4 Å². The minimum atomic E-state index is -1.08. The molecule has 0 spiro atoms. The minimum absolute atomic E-state index is 0.00102. The van der Waals surface area contributed by atoms with Crippen LogP contribution in [0.1, 0.15) is 6.42 Å². The van der Waals surface area contributed by atoms with E-state index in [1.54, 1.807) is 35.1 Å². The smallest absolute Gasteiger partial charge is 0.231 e. The SMILES string of the molecule is O=C(Nc1cn2cc(-c3c(Cl)c(F)c(N4CCOCC4)c4[nH]ncc34)ccc2n1)[C@@H]1C[C@@H]1F. The quantitative estimate of drug-likeness (QED) is 0.471. The Kier molecular flexibility index (Phi) is 4.73. The van der Waals surface area contributed by atoms with E-state index >= 15 is 4.39 Å². The number of nitrogens with zero attached hydrogens (tertiary/aromatic N) is 4. The van der Waals surface area contributed by atoms with E-state index < -0.39 is 17.9 Å². The standard InChI is InChI=1S/C22H19ClF2N6O2/c23-18-17(13-8-26-29-20(13)21(19(18)25)30-3-5-33-6-4-30)11-1-2-16-27-15(10-31(16)9-11)28-22(32)12-7-14(12)24/h1-2,8-10,12,14H,3-7H2,(H,26,29)(H,28,32)/t12-,14+/m1/s1. The van der Waals surface area contributed by atoms with Gasteiger partial charge in [0.05, 0.1) is 42.1 Å². The van der Waals surface area contributed by atoms with Crippen LogP contribution in [0.25, 0.3) is 27.7 Å². The highest BCUT2D eigenvalue weighted by Crippen LogP contribution is 2.43. The van der Waals surface area contributed by atoms with Gasteiger partial charge in [-0.15, -0.1) is 0 Å². The highest BCUT2D eigenvalue weighted by atomic mass is 35.5. The number of aromatic amines is 1. The Morgan fingerprint density at radius 2 is 2.06 bits per heavy atom. The summed E-state index contributed by atoms with van der Waals surface area (Å²) in [5, 5.41) is 10.4. The molecule has 1 amide bonds. The molecule has 1 aliphatic carbocycles. The molecule has 1 aromatic carbocycles. The Balaban J connectivity index is 1.41. The van der Waals surface area contributed by atoms with Crippen LogP contribution in [0.5, 0.6) is 0 Å². The number of imidazole rings is 1. The predicted octanol–water partition coefficient (Wildman–Crippen LogP) is 3.80. The third kappa shape index (κ3) is 3.41. The van der Waals surface area contributed by atoms with Crippen molar-refractivity contribution >= 4 is 45.6 Å². The van der Waals surface area contributed by atoms with Crippen molar-refractivity contribution in [3.8, 4) is 11.1 Å². The Bertz CT molecular complexity index is 1400. The van der Waals surface area contributed by atoms with Gasteiger partial charge in [-0.05, 0) is 18.6 Å². The number of amides is 1. The van der Waals surface area contributed by atoms with Gasteiger partial charge < -0.3 is 19.4 Å². The normalized spacial score (nSPS) is 20.5. The number of ether oxygens (including phenoxy) is 1. The monoisotopic (exact) mass is 472 g/mol. The first-order valence-electron chi connectivity index (χ1n) is 10.6. The van der Waals surface area contributed by atoms with Crippen LogP contribution in [0.15, 0.2) is 30.7 Å². The zero-order valence-electron chi connectivity index (χ0n) is 17.3. The van der Waals surface area contributed by atoms with Gasteiger partial charge in [0.25, 0.3) is 0 Å². The molecule has 0 radical (unpaired) electrons. The van der Waals surface area contributed by atoms with E-state index in [0.717, 1.165) is 0 Å². The molecule has 2 fully saturated rings. The number of alkyl halides is 1. The molecule has 11 heteroatoms. The zero-order valence-corrected chi connectivity index (χ0v) is 18.1. The van der Waals surface area contributed by atoms with E-state index in [4.69, 9.17) is 16.3 Å². The number of nitrogens with one attached hydrogen (secondary N) is 2. The van der Waals surface area contributed by atoms with Crippen molar-refractivity contribution in [2.24, 2.45) is 5.92 Å². The highest BCUT2D eigenvalue weighted by molar-refractivity contribution is 6.36. The van der Waals surface area contributed by atoms with E-state index in [9.17, 15) is 9.18 Å². The number of carbonyl (C=O) groups excluding carboxylic acids is 1. The van der Waals surface area contributed by atoms with Gasteiger partial charge >= 0.3 is 0 Å². The van der Waals surface area contributed by atoms with Gasteiger partial charge in [0.1, 0.15) is 17.5 Å². The van der Waals surface area contributed by atoms with E-state index in [2.05, 4.69) is 20.5 Å². The number of rotatable bonds is 4. The first kappa shape index (κ1) is 20.4. The van der Waals surface area contributed by atoms with Crippen LogP contribution in [0.2, 0.25) is 5.02 Å². The summed E-state index contributed by atoms with van der Waals surface area (Å²) in [6.07, 6.45) is 4.18. The Labute approximate surface area is 191 Å². The molecule has 8 nitrogen and oxygen atoms in total. The summed E-state index contributed by atoms with van der Waals surface area (Å²) in [5.74, 6) is -1.18. The van der Waals surface area contributed by atoms with Crippen LogP contribution < -0.4 is 10.2 Å². The molecule has 1 saturated carbocycles. The molecular weight excluding hydrogens is 454 g/mol. The third-order valence-corrected chi connectivity index (χ3v) is 6.49. The molecule has 3 aromatic heterocycles. The van der Waals surface area contributed by atoms with Crippen LogP contribution in [0.3, 0.4) is 0 Å². The molecule has 2 aliphatic rings. The molecule has 0 unspecified atom stereocenters. The van der Waals surface area contributed by atoms with Gasteiger partial charge in [0.2, 0.25) is 5.91 Å². The molecule has 4 aromatic rings. The Morgan fingerprint density at radius 3 is 2.82 bits per heavy atom. The van der Waals surface area contributed by atoms with Crippen molar-refractivity contribution in [2.45, 2.75) is 12.6 Å². The second-order valence-corrected chi connectivity index (χ2v) is 8.64. The Hall–Kier alpha value is -3.24. The molecular formula is C22H19ClF2N6O2. The van der Waals surface area contributed by atoms with Crippen LogP contribution in [-0.2, 0) is 9.53 Å². The second kappa shape index (κ2) is 7.67. The average Bonchev–Trinajstić information content (AvgIpc) is 3.18. The van der Waals surface area contributed by atoms with Crippen molar-refractivity contribution in [3.63, 3.8) is 0 Å². The lowest BCUT2D eigenvalue weighted by Crippen LogP contribution is -2.37. The van der Waals surface area contributed by atoms with E-state index in [1.165, 1.54) is 0 Å². The molecule has 6 rings (SSSR count). The van der Waals surface area contributed by atoms with E-state index in [0.29, 0.717) is 65.5 Å². The number of H-pyrrole nitrogens is 1. The number of hydrogen-bond acceptors (Lipinski definition) is 5. The number of pyridine rings is 1. The molecule has 2 atom stereocenters. The number of anilines is 2. The van der Waals surface area contributed by atoms with E-state index in [1.807, 2.05) is 4.90 Å². The summed E-state index contributed by atoms with van der Waals surface area (Å²) in [6, 6.07) is 3.53. The molecule has 0 bridgehead atoms. The number of halogens is 3. The lowest BCUT2D eigenvalue weighted by atomic mass is 10.0. The maximum absolute atomic E-state index is 15.6. The van der Waals surface area contributed by atoms with Gasteiger partial charge in [-0.2, -0.15) is 5.10 Å². The molecule has 1 aliphatic heterocycles. The number of aromatic nitrogens is 4. The molecule has 4 heterocycles. The van der Waals surface area contributed by atoms with Gasteiger partial charge in [0, 0.05) is 35.8 Å². The van der Waals surface area contributed by atoms with Crippen molar-refractivity contribution < 1.29 is 18.3 Å². The van der Waals surface area contributed by atoms with Gasteiger partial charge in [-0.25, -0.2) is 13.8 Å². The molecule has 1 saturated heterocycles. The molecule has 33 heavy (non-hydrogen) atoms. The third-order valence-electron chi connectivity index (χ3n) is 6.13. The largest absolute Gasteiger partial charge is 0.378 e. The number of morpholine rings is 1. The maximum atomic E-state index is 15.6. The predicted molar refractivity (Wildman–Crippen MR) is 120 cm³/mol. The lowest BCUT2D eigenvalue weighted by Gasteiger charge is -2.30. The summed E-state index contributed by atoms with van der Waals surface area (Å²) >= 11 is 6.58. The topological polar surface area (TPSA) is 87.5 Å². The summed E-state index contributed by atoms with van der Waals surface area (Å²) in [5.41, 5.74) is 2.70. The summed E-state index contributed by atoms with van der Waals surface area (Å²) in [4.78, 5) is 18.3. The second-order valence-electron chi connectivity index (χ2n) is 8.27. The fourth-order valence-electron chi connectivity index (χ4n) is 4.32. The summed E-state index contributed by atoms with van der Waals surface area (Å²) in [6.45, 7) is 2.13. The molecule has 170 valence electrons. The fraction of sp³-hybridized carbons (Fsp3) is 0.318. The number of fused-ring (bicyclic) bond motifs is 2. The number of hydrogen-bond donors (Lipinski definition) is 2. The van der Waals surface area contributed by atoms with Crippen molar-refractivity contribution in [1.29, 1.82) is 0 Å². The minimum Gasteiger partial charge on any atom is -0.378 e. The number of carbonyl (C=O) groups is 1. The Morgan fingerprint density at radius 1 is 1.27 bits per heavy atom. The van der Waals surface area contributed by atoms with Crippen LogP contribution in [-0.4, -0.2) is 58.0 Å². The lowest BCUT2D eigenvalue weighted by molar-refractivity contribution is -0.117. The number of benzene rings is 1. The summed E-state index contributed by atoms with van der Waals surface area (Å²) in [7, 11) is 0. The average molecular weight is 473 g/mol. The fourth-order valence-corrected chi connectivity index (χ4v) is 4.62. The van der Waals surface area contributed by atoms with Crippen LogP contribution >= 0.6 is 11.6 Å². The van der Waals surface area contributed by atoms with Gasteiger partial charge in [-0.3, -0.25) is 9.89 Å². The van der Waals surface area contributed by atoms with Crippen LogP contribution in [0.4, 0.5) is 20.3 Å². The van der Waals surface area contributed by atoms with Crippen molar-refractivity contribution in [3.05, 3.63) is 41.6 Å². The first-order chi connectivity index (χ1) is 16.0. The van der Waals surface area contributed by atoms with Gasteiger partial charge in [-0.1, -0.05) is 11.6 Å². The van der Waals surface area contributed by atoms with Crippen molar-refractivity contribution in [1.82, 2.24) is 19.6 Å². The zero-order chi connectivity index (χ0) is 22.7. The maximum Gasteiger partial charge on any atom is 0.231 e. The first-order valence-corrected chi connectivity index (χ1v) is 11.0. The van der Waals surface area contributed by atoms with Crippen LogP contribution in [0, 0.1) is 11.7 Å². The molecule has 2 N–H and O–H groups in total.